The van der Waals surface area contributed by atoms with Crippen molar-refractivity contribution in [1.82, 2.24) is 9.80 Å². The molecular formula is C14H20FN3O. The van der Waals surface area contributed by atoms with Gasteiger partial charge in [0.25, 0.3) is 0 Å². The van der Waals surface area contributed by atoms with E-state index in [-0.39, 0.29) is 18.3 Å². The van der Waals surface area contributed by atoms with Crippen molar-refractivity contribution in [3.8, 4) is 0 Å². The van der Waals surface area contributed by atoms with Gasteiger partial charge in [-0.3, -0.25) is 9.69 Å². The van der Waals surface area contributed by atoms with Crippen LogP contribution >= 0.6 is 0 Å². The molecule has 1 saturated heterocycles. The lowest BCUT2D eigenvalue weighted by atomic mass is 10.1. The van der Waals surface area contributed by atoms with Crippen LogP contribution in [-0.2, 0) is 11.2 Å². The first-order chi connectivity index (χ1) is 9.20. The van der Waals surface area contributed by atoms with E-state index < -0.39 is 0 Å². The summed E-state index contributed by atoms with van der Waals surface area (Å²) >= 11 is 0. The molecule has 1 aromatic rings. The van der Waals surface area contributed by atoms with Gasteiger partial charge in [-0.05, 0) is 18.1 Å². The second-order valence-corrected chi connectivity index (χ2v) is 4.77. The van der Waals surface area contributed by atoms with Crippen molar-refractivity contribution >= 4 is 5.91 Å². The lowest BCUT2D eigenvalue weighted by molar-refractivity contribution is -0.131. The lowest BCUT2D eigenvalue weighted by Crippen LogP contribution is -2.50. The third kappa shape index (κ3) is 3.75. The molecule has 0 atom stereocenters. The molecule has 19 heavy (non-hydrogen) atoms. The van der Waals surface area contributed by atoms with Crippen molar-refractivity contribution in [2.24, 2.45) is 5.73 Å². The van der Waals surface area contributed by atoms with Gasteiger partial charge in [0, 0.05) is 32.7 Å². The fourth-order valence-corrected chi connectivity index (χ4v) is 2.33. The average Bonchev–Trinajstić information content (AvgIpc) is 2.46. The van der Waals surface area contributed by atoms with Crippen LogP contribution in [0.15, 0.2) is 24.3 Å². The van der Waals surface area contributed by atoms with Crippen molar-refractivity contribution in [3.63, 3.8) is 0 Å². The summed E-state index contributed by atoms with van der Waals surface area (Å²) in [5.41, 5.74) is 6.10. The minimum absolute atomic E-state index is 0.00811. The number of benzene rings is 1. The fourth-order valence-electron chi connectivity index (χ4n) is 2.33. The maximum atomic E-state index is 13.5. The van der Waals surface area contributed by atoms with Crippen LogP contribution in [-0.4, -0.2) is 55.0 Å². The van der Waals surface area contributed by atoms with Crippen LogP contribution in [0.25, 0.3) is 0 Å². The molecule has 1 heterocycles. The van der Waals surface area contributed by atoms with Gasteiger partial charge in [0.1, 0.15) is 5.82 Å². The summed E-state index contributed by atoms with van der Waals surface area (Å²) in [5.74, 6) is -0.131. The van der Waals surface area contributed by atoms with Gasteiger partial charge in [-0.1, -0.05) is 18.2 Å². The molecule has 0 aromatic heterocycles. The smallest absolute Gasteiger partial charge is 0.236 e. The van der Waals surface area contributed by atoms with Gasteiger partial charge in [-0.2, -0.15) is 0 Å². The summed E-state index contributed by atoms with van der Waals surface area (Å²) in [6, 6.07) is 6.88. The van der Waals surface area contributed by atoms with E-state index in [0.29, 0.717) is 19.5 Å². The van der Waals surface area contributed by atoms with Crippen LogP contribution in [0.3, 0.4) is 0 Å². The number of nitrogens with two attached hydrogens (primary N) is 1. The molecule has 2 N–H and O–H groups in total. The third-order valence-electron chi connectivity index (χ3n) is 3.55. The monoisotopic (exact) mass is 265 g/mol. The second kappa shape index (κ2) is 6.63. The topological polar surface area (TPSA) is 49.6 Å². The van der Waals surface area contributed by atoms with E-state index in [1.165, 1.54) is 6.07 Å². The quantitative estimate of drug-likeness (QED) is 0.861. The number of hydrogen-bond donors (Lipinski definition) is 1. The number of carbonyl (C=O) groups excluding carboxylic acids is 1. The Hall–Kier alpha value is -1.46. The maximum absolute atomic E-state index is 13.5. The normalized spacial score (nSPS) is 16.6. The Balaban J connectivity index is 1.77. The van der Waals surface area contributed by atoms with Crippen LogP contribution in [0.5, 0.6) is 0 Å². The highest BCUT2D eigenvalue weighted by molar-refractivity contribution is 5.78. The summed E-state index contributed by atoms with van der Waals surface area (Å²) in [6.45, 7) is 4.00. The van der Waals surface area contributed by atoms with Crippen LogP contribution < -0.4 is 5.73 Å². The largest absolute Gasteiger partial charge is 0.339 e. The average molecular weight is 265 g/mol. The number of nitrogens with zero attached hydrogens (tertiary/aromatic N) is 2. The predicted octanol–water partition coefficient (Wildman–Crippen LogP) is 0.471. The minimum Gasteiger partial charge on any atom is -0.339 e. The highest BCUT2D eigenvalue weighted by Crippen LogP contribution is 2.09. The molecule has 2 rings (SSSR count). The van der Waals surface area contributed by atoms with E-state index in [1.54, 1.807) is 11.0 Å². The molecule has 1 amide bonds. The van der Waals surface area contributed by atoms with Gasteiger partial charge >= 0.3 is 0 Å². The molecule has 0 spiro atoms. The number of rotatable bonds is 4. The predicted molar refractivity (Wildman–Crippen MR) is 72.2 cm³/mol. The number of carbonyl (C=O) groups is 1. The lowest BCUT2D eigenvalue weighted by Gasteiger charge is -2.34. The number of halogens is 1. The van der Waals surface area contributed by atoms with Gasteiger partial charge in [0.15, 0.2) is 0 Å². The Bertz CT molecular complexity index is 430. The molecule has 1 aliphatic rings. The van der Waals surface area contributed by atoms with Gasteiger partial charge in [-0.15, -0.1) is 0 Å². The molecule has 1 fully saturated rings. The summed E-state index contributed by atoms with van der Waals surface area (Å²) in [4.78, 5) is 15.5. The van der Waals surface area contributed by atoms with E-state index >= 15 is 0 Å². The zero-order chi connectivity index (χ0) is 13.7. The standard InChI is InChI=1S/C14H20FN3O/c15-13-4-2-1-3-12(13)5-6-17-7-9-18(10-8-17)14(19)11-16/h1-4H,5-11,16H2. The van der Waals surface area contributed by atoms with Crippen LogP contribution in [0, 0.1) is 5.82 Å². The molecule has 0 unspecified atom stereocenters. The van der Waals surface area contributed by atoms with Gasteiger partial charge in [-0.25, -0.2) is 4.39 Å². The highest BCUT2D eigenvalue weighted by Gasteiger charge is 2.19. The molecule has 5 heteroatoms. The van der Waals surface area contributed by atoms with E-state index in [0.717, 1.165) is 25.2 Å². The van der Waals surface area contributed by atoms with Crippen molar-refractivity contribution < 1.29 is 9.18 Å². The molecule has 0 aliphatic carbocycles. The van der Waals surface area contributed by atoms with Gasteiger partial charge < -0.3 is 10.6 Å². The summed E-state index contributed by atoms with van der Waals surface area (Å²) in [6.07, 6.45) is 0.706. The Kier molecular flexibility index (Phi) is 4.87. The number of amides is 1. The SMILES string of the molecule is NCC(=O)N1CCN(CCc2ccccc2F)CC1. The van der Waals surface area contributed by atoms with Crippen LogP contribution in [0.4, 0.5) is 4.39 Å². The zero-order valence-corrected chi connectivity index (χ0v) is 11.0. The molecule has 1 aromatic carbocycles. The highest BCUT2D eigenvalue weighted by atomic mass is 19.1. The molecular weight excluding hydrogens is 245 g/mol. The molecule has 0 bridgehead atoms. The molecule has 4 nitrogen and oxygen atoms in total. The summed E-state index contributed by atoms with van der Waals surface area (Å²) in [7, 11) is 0. The van der Waals surface area contributed by atoms with Gasteiger partial charge in [0.05, 0.1) is 6.54 Å². The Morgan fingerprint density at radius 2 is 1.89 bits per heavy atom. The third-order valence-corrected chi connectivity index (χ3v) is 3.55. The van der Waals surface area contributed by atoms with Crippen molar-refractivity contribution in [2.45, 2.75) is 6.42 Å². The van der Waals surface area contributed by atoms with Crippen molar-refractivity contribution in [3.05, 3.63) is 35.6 Å². The Morgan fingerprint density at radius 3 is 2.53 bits per heavy atom. The summed E-state index contributed by atoms with van der Waals surface area (Å²) < 4.78 is 13.5. The number of piperazine rings is 1. The van der Waals surface area contributed by atoms with E-state index in [2.05, 4.69) is 4.90 Å². The van der Waals surface area contributed by atoms with Crippen molar-refractivity contribution in [1.29, 1.82) is 0 Å². The first kappa shape index (κ1) is 14.0. The van der Waals surface area contributed by atoms with Crippen LogP contribution in [0.1, 0.15) is 5.56 Å². The molecule has 0 radical (unpaired) electrons. The van der Waals surface area contributed by atoms with Gasteiger partial charge in [0.2, 0.25) is 5.91 Å². The second-order valence-electron chi connectivity index (χ2n) is 4.77. The fraction of sp³-hybridized carbons (Fsp3) is 0.500. The van der Waals surface area contributed by atoms with E-state index in [1.807, 2.05) is 12.1 Å². The Labute approximate surface area is 113 Å². The van der Waals surface area contributed by atoms with Crippen LogP contribution in [0.2, 0.25) is 0 Å². The first-order valence-electron chi connectivity index (χ1n) is 6.64. The maximum Gasteiger partial charge on any atom is 0.236 e. The molecule has 104 valence electrons. The summed E-state index contributed by atoms with van der Waals surface area (Å²) in [5, 5.41) is 0. The zero-order valence-electron chi connectivity index (χ0n) is 11.0. The minimum atomic E-state index is -0.139. The van der Waals surface area contributed by atoms with E-state index in [4.69, 9.17) is 5.73 Å². The van der Waals surface area contributed by atoms with Crippen molar-refractivity contribution in [2.75, 3.05) is 39.3 Å². The Morgan fingerprint density at radius 1 is 1.21 bits per heavy atom. The van der Waals surface area contributed by atoms with E-state index in [9.17, 15) is 9.18 Å². The first-order valence-corrected chi connectivity index (χ1v) is 6.64. The number of hydrogen-bond acceptors (Lipinski definition) is 3. The molecule has 1 aliphatic heterocycles. The molecule has 0 saturated carbocycles.